The summed E-state index contributed by atoms with van der Waals surface area (Å²) in [6.45, 7) is 2.20. The molecule has 2 atom stereocenters. The Bertz CT molecular complexity index is 1280. The molecule has 2 aromatic heterocycles. The summed E-state index contributed by atoms with van der Waals surface area (Å²) in [6.07, 6.45) is 1.10. The van der Waals surface area contributed by atoms with E-state index >= 15 is 0 Å². The van der Waals surface area contributed by atoms with Crippen molar-refractivity contribution in [2.24, 2.45) is 13.0 Å². The molecule has 146 valence electrons. The molecule has 0 radical (unpaired) electrons. The van der Waals surface area contributed by atoms with Crippen molar-refractivity contribution in [3.8, 4) is 5.69 Å². The number of amides is 1. The van der Waals surface area contributed by atoms with Crippen molar-refractivity contribution in [2.45, 2.75) is 19.3 Å². The number of anilines is 1. The van der Waals surface area contributed by atoms with Crippen LogP contribution in [0.3, 0.4) is 0 Å². The summed E-state index contributed by atoms with van der Waals surface area (Å²) in [7, 11) is 1.61. The third-order valence-corrected chi connectivity index (χ3v) is 5.52. The fourth-order valence-electron chi connectivity index (χ4n) is 3.68. The topological polar surface area (TPSA) is 82.1 Å². The molecule has 0 aliphatic heterocycles. The minimum absolute atomic E-state index is 0.277. The molecule has 7 nitrogen and oxygen atoms in total. The molecule has 1 fully saturated rings. The normalized spacial score (nSPS) is 18.1. The van der Waals surface area contributed by atoms with E-state index in [4.69, 9.17) is 9.52 Å². The molecular weight excluding hydrogens is 368 g/mol. The van der Waals surface area contributed by atoms with Crippen LogP contribution in [0.1, 0.15) is 35.3 Å². The Kier molecular flexibility index (Phi) is 3.91. The van der Waals surface area contributed by atoms with Crippen molar-refractivity contribution in [1.82, 2.24) is 14.3 Å². The SMILES string of the molecule is CC1CC1c1cc(NC(=O)c2cccc3c2oc(=O)n3C)n(-c2ccccc2)n1. The average molecular weight is 388 g/mol. The lowest BCUT2D eigenvalue weighted by atomic mass is 10.2. The van der Waals surface area contributed by atoms with Gasteiger partial charge in [0.1, 0.15) is 5.82 Å². The van der Waals surface area contributed by atoms with Crippen LogP contribution in [-0.2, 0) is 7.05 Å². The number of para-hydroxylation sites is 2. The molecule has 1 aliphatic carbocycles. The third-order valence-electron chi connectivity index (χ3n) is 5.52. The van der Waals surface area contributed by atoms with E-state index in [0.29, 0.717) is 28.7 Å². The number of aromatic nitrogens is 3. The van der Waals surface area contributed by atoms with Crippen LogP contribution in [0.15, 0.2) is 63.8 Å². The summed E-state index contributed by atoms with van der Waals surface area (Å²) >= 11 is 0. The Balaban J connectivity index is 1.55. The van der Waals surface area contributed by atoms with Gasteiger partial charge in [0.05, 0.1) is 22.5 Å². The van der Waals surface area contributed by atoms with Gasteiger partial charge in [-0.2, -0.15) is 5.10 Å². The van der Waals surface area contributed by atoms with Crippen LogP contribution < -0.4 is 11.1 Å². The van der Waals surface area contributed by atoms with Gasteiger partial charge in [0.25, 0.3) is 5.91 Å². The zero-order valence-corrected chi connectivity index (χ0v) is 16.1. The van der Waals surface area contributed by atoms with Crippen LogP contribution >= 0.6 is 0 Å². The van der Waals surface area contributed by atoms with Gasteiger partial charge in [-0.15, -0.1) is 0 Å². The van der Waals surface area contributed by atoms with Crippen LogP contribution in [0.4, 0.5) is 5.82 Å². The molecule has 4 aromatic rings. The maximum absolute atomic E-state index is 13.1. The van der Waals surface area contributed by atoms with Crippen molar-refractivity contribution >= 4 is 22.8 Å². The number of nitrogens with zero attached hydrogens (tertiary/aromatic N) is 3. The Morgan fingerprint density at radius 3 is 2.66 bits per heavy atom. The number of rotatable bonds is 4. The Morgan fingerprint density at radius 2 is 1.93 bits per heavy atom. The van der Waals surface area contributed by atoms with E-state index in [0.717, 1.165) is 17.8 Å². The fourth-order valence-corrected chi connectivity index (χ4v) is 3.68. The molecular formula is C22H20N4O3. The minimum atomic E-state index is -0.500. The number of aryl methyl sites for hydroxylation is 1. The molecule has 5 rings (SSSR count). The molecule has 1 N–H and O–H groups in total. The first-order chi connectivity index (χ1) is 14.0. The molecule has 2 heterocycles. The average Bonchev–Trinajstić information content (AvgIpc) is 3.19. The van der Waals surface area contributed by atoms with E-state index in [1.807, 2.05) is 36.4 Å². The minimum Gasteiger partial charge on any atom is -0.407 e. The van der Waals surface area contributed by atoms with Crippen LogP contribution in [-0.4, -0.2) is 20.3 Å². The van der Waals surface area contributed by atoms with E-state index < -0.39 is 5.76 Å². The molecule has 2 unspecified atom stereocenters. The molecule has 0 spiro atoms. The predicted molar refractivity (Wildman–Crippen MR) is 109 cm³/mol. The second-order valence-electron chi connectivity index (χ2n) is 7.56. The number of carbonyl (C=O) groups is 1. The largest absolute Gasteiger partial charge is 0.419 e. The Labute approximate surface area is 166 Å². The monoisotopic (exact) mass is 388 g/mol. The molecule has 2 aromatic carbocycles. The lowest BCUT2D eigenvalue weighted by Gasteiger charge is -2.09. The van der Waals surface area contributed by atoms with Crippen molar-refractivity contribution in [3.05, 3.63) is 76.4 Å². The van der Waals surface area contributed by atoms with E-state index in [9.17, 15) is 9.59 Å². The number of nitrogens with one attached hydrogen (secondary N) is 1. The lowest BCUT2D eigenvalue weighted by Crippen LogP contribution is -2.15. The van der Waals surface area contributed by atoms with Gasteiger partial charge in [-0.3, -0.25) is 9.36 Å². The maximum atomic E-state index is 13.1. The second-order valence-corrected chi connectivity index (χ2v) is 7.56. The van der Waals surface area contributed by atoms with Crippen LogP contribution in [0.25, 0.3) is 16.8 Å². The molecule has 29 heavy (non-hydrogen) atoms. The fraction of sp³-hybridized carbons (Fsp3) is 0.227. The highest BCUT2D eigenvalue weighted by Crippen LogP contribution is 2.47. The van der Waals surface area contributed by atoms with E-state index in [1.165, 1.54) is 4.57 Å². The van der Waals surface area contributed by atoms with Crippen molar-refractivity contribution in [3.63, 3.8) is 0 Å². The summed E-state index contributed by atoms with van der Waals surface area (Å²) in [4.78, 5) is 24.9. The van der Waals surface area contributed by atoms with Gasteiger partial charge in [0, 0.05) is 19.0 Å². The highest BCUT2D eigenvalue weighted by Gasteiger charge is 2.37. The van der Waals surface area contributed by atoms with Crippen molar-refractivity contribution in [2.75, 3.05) is 5.32 Å². The number of hydrogen-bond acceptors (Lipinski definition) is 4. The number of hydrogen-bond donors (Lipinski definition) is 1. The second kappa shape index (κ2) is 6.48. The van der Waals surface area contributed by atoms with Gasteiger partial charge in [-0.1, -0.05) is 31.2 Å². The van der Waals surface area contributed by atoms with Gasteiger partial charge in [0.15, 0.2) is 5.58 Å². The predicted octanol–water partition coefficient (Wildman–Crippen LogP) is 3.69. The molecule has 1 saturated carbocycles. The first kappa shape index (κ1) is 17.5. The highest BCUT2D eigenvalue weighted by atomic mass is 16.4. The summed E-state index contributed by atoms with van der Waals surface area (Å²) in [6, 6.07) is 16.7. The molecule has 1 aliphatic rings. The van der Waals surface area contributed by atoms with E-state index in [1.54, 1.807) is 29.9 Å². The maximum Gasteiger partial charge on any atom is 0.419 e. The standard InChI is InChI=1S/C22H20N4O3/c1-13-11-16(13)17-12-19(26(24-17)14-7-4-3-5-8-14)23-21(27)15-9-6-10-18-20(15)29-22(28)25(18)2/h3-10,12-13,16H,11H2,1-2H3,(H,23,27). The smallest absolute Gasteiger partial charge is 0.407 e. The number of benzene rings is 2. The van der Waals surface area contributed by atoms with Gasteiger partial charge in [0.2, 0.25) is 0 Å². The summed E-state index contributed by atoms with van der Waals surface area (Å²) in [5.74, 6) is 0.763. The molecule has 0 bridgehead atoms. The number of oxazole rings is 1. The van der Waals surface area contributed by atoms with Crippen LogP contribution in [0, 0.1) is 5.92 Å². The van der Waals surface area contributed by atoms with Crippen molar-refractivity contribution < 1.29 is 9.21 Å². The third kappa shape index (κ3) is 2.95. The lowest BCUT2D eigenvalue weighted by molar-refractivity contribution is 0.102. The quantitative estimate of drug-likeness (QED) is 0.578. The van der Waals surface area contributed by atoms with Gasteiger partial charge in [-0.05, 0) is 36.6 Å². The number of carbonyl (C=O) groups excluding carboxylic acids is 1. The first-order valence-electron chi connectivity index (χ1n) is 9.58. The highest BCUT2D eigenvalue weighted by molar-refractivity contribution is 6.10. The Hall–Kier alpha value is -3.61. The summed E-state index contributed by atoms with van der Waals surface area (Å²) in [5, 5.41) is 7.70. The van der Waals surface area contributed by atoms with E-state index in [2.05, 4.69) is 12.2 Å². The van der Waals surface area contributed by atoms with Gasteiger partial charge in [-0.25, -0.2) is 9.48 Å². The summed E-state index contributed by atoms with van der Waals surface area (Å²) in [5.41, 5.74) is 3.00. The van der Waals surface area contributed by atoms with Gasteiger partial charge >= 0.3 is 5.76 Å². The molecule has 0 saturated heterocycles. The Morgan fingerprint density at radius 1 is 1.17 bits per heavy atom. The molecule has 7 heteroatoms. The van der Waals surface area contributed by atoms with E-state index in [-0.39, 0.29) is 11.5 Å². The van der Waals surface area contributed by atoms with Gasteiger partial charge < -0.3 is 9.73 Å². The summed E-state index contributed by atoms with van der Waals surface area (Å²) < 4.78 is 8.43. The number of fused-ring (bicyclic) bond motifs is 1. The first-order valence-corrected chi connectivity index (χ1v) is 9.58. The van der Waals surface area contributed by atoms with Crippen LogP contribution in [0.5, 0.6) is 0 Å². The van der Waals surface area contributed by atoms with Crippen molar-refractivity contribution in [1.29, 1.82) is 0 Å². The zero-order chi connectivity index (χ0) is 20.1. The molecule has 1 amide bonds. The zero-order valence-electron chi connectivity index (χ0n) is 16.1. The van der Waals surface area contributed by atoms with Crippen LogP contribution in [0.2, 0.25) is 0 Å².